The van der Waals surface area contributed by atoms with Crippen LogP contribution in [0.4, 0.5) is 5.95 Å². The summed E-state index contributed by atoms with van der Waals surface area (Å²) in [6.45, 7) is 0. The Morgan fingerprint density at radius 2 is 2.00 bits per heavy atom. The van der Waals surface area contributed by atoms with Crippen molar-refractivity contribution in [3.8, 4) is 0 Å². The first-order valence-electron chi connectivity index (χ1n) is 5.86. The Kier molecular flexibility index (Phi) is 3.08. The molecule has 0 unspecified atom stereocenters. The van der Waals surface area contributed by atoms with E-state index in [-0.39, 0.29) is 17.0 Å². The van der Waals surface area contributed by atoms with Crippen molar-refractivity contribution in [1.29, 1.82) is 0 Å². The van der Waals surface area contributed by atoms with Gasteiger partial charge in [-0.05, 0) is 12.1 Å². The second kappa shape index (κ2) is 4.90. The third kappa shape index (κ3) is 2.21. The van der Waals surface area contributed by atoms with E-state index in [0.717, 1.165) is 0 Å². The molecule has 0 fully saturated rings. The summed E-state index contributed by atoms with van der Waals surface area (Å²) in [5.74, 6) is -0.136. The molecular weight excluding hydrogens is 278 g/mol. The minimum absolute atomic E-state index is 0.153. The number of aromatic nitrogens is 4. The maximum absolute atomic E-state index is 12.0. The van der Waals surface area contributed by atoms with Gasteiger partial charge in [-0.1, -0.05) is 29.8 Å². The number of amides is 1. The number of rotatable bonds is 2. The molecule has 2 aromatic heterocycles. The molecule has 0 aliphatic rings. The van der Waals surface area contributed by atoms with Crippen molar-refractivity contribution < 1.29 is 4.79 Å². The topological polar surface area (TPSA) is 72.7 Å². The van der Waals surface area contributed by atoms with E-state index in [2.05, 4.69) is 20.3 Å². The molecule has 0 saturated carbocycles. The number of hydrogen-bond donors (Lipinski definition) is 1. The van der Waals surface area contributed by atoms with Crippen LogP contribution in [0.25, 0.3) is 11.2 Å². The van der Waals surface area contributed by atoms with Crippen molar-refractivity contribution >= 4 is 34.6 Å². The predicted molar refractivity (Wildman–Crippen MR) is 75.7 cm³/mol. The third-order valence-corrected chi connectivity index (χ3v) is 3.04. The number of fused-ring (bicyclic) bond motifs is 1. The summed E-state index contributed by atoms with van der Waals surface area (Å²) < 4.78 is 1.71. The van der Waals surface area contributed by atoms with Crippen LogP contribution >= 0.6 is 11.6 Å². The van der Waals surface area contributed by atoms with Crippen LogP contribution in [-0.4, -0.2) is 25.4 Å². The zero-order valence-corrected chi connectivity index (χ0v) is 11.3. The Morgan fingerprint density at radius 1 is 1.25 bits per heavy atom. The lowest BCUT2D eigenvalue weighted by Crippen LogP contribution is -2.14. The van der Waals surface area contributed by atoms with E-state index in [4.69, 9.17) is 11.6 Å². The van der Waals surface area contributed by atoms with Gasteiger partial charge >= 0.3 is 0 Å². The predicted octanol–water partition coefficient (Wildman–Crippen LogP) is 2.27. The van der Waals surface area contributed by atoms with Gasteiger partial charge in [0, 0.05) is 12.6 Å². The smallest absolute Gasteiger partial charge is 0.258 e. The molecule has 0 saturated heterocycles. The van der Waals surface area contributed by atoms with Crippen LogP contribution in [0.2, 0.25) is 5.15 Å². The zero-order valence-electron chi connectivity index (χ0n) is 10.5. The highest BCUT2D eigenvalue weighted by molar-refractivity contribution is 6.33. The Bertz CT molecular complexity index is 784. The quantitative estimate of drug-likeness (QED) is 0.734. The van der Waals surface area contributed by atoms with E-state index >= 15 is 0 Å². The number of benzene rings is 1. The summed E-state index contributed by atoms with van der Waals surface area (Å²) in [7, 11) is 1.79. The van der Waals surface area contributed by atoms with Gasteiger partial charge < -0.3 is 4.57 Å². The number of carbonyl (C=O) groups is 1. The minimum atomic E-state index is -0.289. The normalized spacial score (nSPS) is 10.7. The fourth-order valence-electron chi connectivity index (χ4n) is 1.79. The van der Waals surface area contributed by atoms with E-state index in [0.29, 0.717) is 16.7 Å². The van der Waals surface area contributed by atoms with Gasteiger partial charge in [0.05, 0.1) is 6.33 Å². The number of hydrogen-bond acceptors (Lipinski definition) is 4. The number of nitrogens with zero attached hydrogens (tertiary/aromatic N) is 4. The Labute approximate surface area is 119 Å². The summed E-state index contributed by atoms with van der Waals surface area (Å²) in [5.41, 5.74) is 1.59. The monoisotopic (exact) mass is 287 g/mol. The molecule has 6 nitrogen and oxygen atoms in total. The number of halogens is 1. The molecule has 20 heavy (non-hydrogen) atoms. The van der Waals surface area contributed by atoms with E-state index < -0.39 is 0 Å². The standard InChI is InChI=1S/C13H10ClN5O/c1-19-7-15-9-10(14)16-13(17-11(9)19)18-12(20)8-5-3-2-4-6-8/h2-7H,1H3,(H,16,17,18,20). The molecule has 3 rings (SSSR count). The zero-order chi connectivity index (χ0) is 14.1. The maximum atomic E-state index is 12.0. The molecule has 3 aromatic rings. The van der Waals surface area contributed by atoms with Crippen LogP contribution in [0.3, 0.4) is 0 Å². The van der Waals surface area contributed by atoms with Crippen molar-refractivity contribution in [3.05, 3.63) is 47.4 Å². The highest BCUT2D eigenvalue weighted by atomic mass is 35.5. The average molecular weight is 288 g/mol. The van der Waals surface area contributed by atoms with E-state index in [9.17, 15) is 4.79 Å². The summed E-state index contributed by atoms with van der Waals surface area (Å²) in [6, 6.07) is 8.82. The highest BCUT2D eigenvalue weighted by Crippen LogP contribution is 2.20. The molecule has 1 N–H and O–H groups in total. The number of aryl methyl sites for hydroxylation is 1. The Balaban J connectivity index is 1.95. The lowest BCUT2D eigenvalue weighted by atomic mass is 10.2. The molecule has 7 heteroatoms. The molecule has 2 heterocycles. The first-order valence-corrected chi connectivity index (χ1v) is 6.24. The first-order chi connectivity index (χ1) is 9.65. The van der Waals surface area contributed by atoms with Gasteiger partial charge in [0.25, 0.3) is 5.91 Å². The second-order valence-corrected chi connectivity index (χ2v) is 4.54. The van der Waals surface area contributed by atoms with E-state index in [1.54, 1.807) is 42.2 Å². The van der Waals surface area contributed by atoms with Crippen molar-refractivity contribution in [3.63, 3.8) is 0 Å². The second-order valence-electron chi connectivity index (χ2n) is 4.19. The van der Waals surface area contributed by atoms with Gasteiger partial charge in [-0.15, -0.1) is 0 Å². The van der Waals surface area contributed by atoms with Gasteiger partial charge in [-0.3, -0.25) is 10.1 Å². The molecule has 0 aliphatic carbocycles. The molecule has 0 aliphatic heterocycles. The SMILES string of the molecule is Cn1cnc2c(Cl)nc(NC(=O)c3ccccc3)nc21. The third-order valence-electron chi connectivity index (χ3n) is 2.78. The summed E-state index contributed by atoms with van der Waals surface area (Å²) in [5, 5.41) is 2.83. The van der Waals surface area contributed by atoms with E-state index in [1.165, 1.54) is 0 Å². The number of imidazole rings is 1. The van der Waals surface area contributed by atoms with E-state index in [1.807, 2.05) is 6.07 Å². The van der Waals surface area contributed by atoms with Gasteiger partial charge in [-0.25, -0.2) is 4.98 Å². The van der Waals surface area contributed by atoms with Crippen LogP contribution in [0, 0.1) is 0 Å². The van der Waals surface area contributed by atoms with Crippen molar-refractivity contribution in [2.24, 2.45) is 7.05 Å². The molecule has 1 aromatic carbocycles. The van der Waals surface area contributed by atoms with Crippen LogP contribution in [0.5, 0.6) is 0 Å². The molecule has 0 bridgehead atoms. The molecule has 100 valence electrons. The van der Waals surface area contributed by atoms with Crippen LogP contribution in [0.15, 0.2) is 36.7 Å². The number of carbonyl (C=O) groups excluding carboxylic acids is 1. The molecule has 1 amide bonds. The lowest BCUT2D eigenvalue weighted by molar-refractivity contribution is 0.102. The van der Waals surface area contributed by atoms with Gasteiger partial charge in [0.1, 0.15) is 5.52 Å². The average Bonchev–Trinajstić information content (AvgIpc) is 2.82. The van der Waals surface area contributed by atoms with Gasteiger partial charge in [0.15, 0.2) is 10.8 Å². The van der Waals surface area contributed by atoms with Crippen LogP contribution in [0.1, 0.15) is 10.4 Å². The first kappa shape index (κ1) is 12.6. The van der Waals surface area contributed by atoms with Crippen molar-refractivity contribution in [1.82, 2.24) is 19.5 Å². The molecule has 0 spiro atoms. The van der Waals surface area contributed by atoms with Crippen LogP contribution in [-0.2, 0) is 7.05 Å². The van der Waals surface area contributed by atoms with Crippen molar-refractivity contribution in [2.75, 3.05) is 5.32 Å². The summed E-state index contributed by atoms with van der Waals surface area (Å²) >= 11 is 6.03. The maximum Gasteiger partial charge on any atom is 0.258 e. The lowest BCUT2D eigenvalue weighted by Gasteiger charge is -2.04. The number of nitrogens with one attached hydrogen (secondary N) is 1. The minimum Gasteiger partial charge on any atom is -0.318 e. The highest BCUT2D eigenvalue weighted by Gasteiger charge is 2.13. The Hall–Kier alpha value is -2.47. The summed E-state index contributed by atoms with van der Waals surface area (Å²) in [4.78, 5) is 24.4. The fourth-order valence-corrected chi connectivity index (χ4v) is 2.00. The summed E-state index contributed by atoms with van der Waals surface area (Å²) in [6.07, 6.45) is 1.59. The largest absolute Gasteiger partial charge is 0.318 e. The Morgan fingerprint density at radius 3 is 2.75 bits per heavy atom. The van der Waals surface area contributed by atoms with Gasteiger partial charge in [-0.2, -0.15) is 9.97 Å². The molecule has 0 radical (unpaired) electrons. The number of anilines is 1. The molecule has 0 atom stereocenters. The van der Waals surface area contributed by atoms with Gasteiger partial charge in [0.2, 0.25) is 5.95 Å². The fraction of sp³-hybridized carbons (Fsp3) is 0.0769. The van der Waals surface area contributed by atoms with Crippen molar-refractivity contribution in [2.45, 2.75) is 0 Å². The molecular formula is C13H10ClN5O. The van der Waals surface area contributed by atoms with Crippen LogP contribution < -0.4 is 5.32 Å².